The molecule has 0 aliphatic rings. The van der Waals surface area contributed by atoms with E-state index in [1.807, 2.05) is 31.3 Å². The normalized spacial score (nSPS) is 10.9. The zero-order valence-electron chi connectivity index (χ0n) is 12.9. The van der Waals surface area contributed by atoms with Gasteiger partial charge in [-0.2, -0.15) is 0 Å². The number of nitrogens with zero attached hydrogens (tertiary/aromatic N) is 1. The lowest BCUT2D eigenvalue weighted by molar-refractivity contribution is 0.587. The van der Waals surface area contributed by atoms with Gasteiger partial charge >= 0.3 is 0 Å². The number of halogens is 1. The second-order valence-electron chi connectivity index (χ2n) is 5.61. The molecule has 2 aromatic rings. The monoisotopic (exact) mass is 286 g/mol. The number of anilines is 1. The molecule has 0 radical (unpaired) electrons. The van der Waals surface area contributed by atoms with Gasteiger partial charge in [0.25, 0.3) is 0 Å². The Morgan fingerprint density at radius 2 is 1.62 bits per heavy atom. The van der Waals surface area contributed by atoms with E-state index in [0.29, 0.717) is 18.2 Å². The Balaban J connectivity index is 2.15. The van der Waals surface area contributed by atoms with Gasteiger partial charge in [0.05, 0.1) is 0 Å². The maximum atomic E-state index is 13.8. The van der Waals surface area contributed by atoms with Crippen LogP contribution in [0.15, 0.2) is 48.5 Å². The Morgan fingerprint density at radius 3 is 2.29 bits per heavy atom. The molecule has 0 saturated heterocycles. The van der Waals surface area contributed by atoms with Crippen LogP contribution in [0.25, 0.3) is 0 Å². The van der Waals surface area contributed by atoms with Gasteiger partial charge in [0.15, 0.2) is 0 Å². The maximum absolute atomic E-state index is 13.8. The SMILES string of the molecule is CC(C)NCc1ccccc1N(C)Cc1ccccc1F. The molecule has 0 fully saturated rings. The minimum Gasteiger partial charge on any atom is -0.370 e. The summed E-state index contributed by atoms with van der Waals surface area (Å²) in [5.41, 5.74) is 3.07. The molecule has 0 aliphatic carbocycles. The average molecular weight is 286 g/mol. The predicted octanol–water partition coefficient (Wildman–Crippen LogP) is 3.96. The van der Waals surface area contributed by atoms with Gasteiger partial charge in [0, 0.05) is 37.4 Å². The van der Waals surface area contributed by atoms with Gasteiger partial charge in [-0.3, -0.25) is 0 Å². The predicted molar refractivity (Wildman–Crippen MR) is 86.9 cm³/mol. The van der Waals surface area contributed by atoms with Gasteiger partial charge in [-0.05, 0) is 17.7 Å². The fraction of sp³-hybridized carbons (Fsp3) is 0.333. The van der Waals surface area contributed by atoms with E-state index in [2.05, 4.69) is 36.2 Å². The van der Waals surface area contributed by atoms with E-state index in [4.69, 9.17) is 0 Å². The van der Waals surface area contributed by atoms with Crippen molar-refractivity contribution in [3.8, 4) is 0 Å². The molecule has 21 heavy (non-hydrogen) atoms. The van der Waals surface area contributed by atoms with E-state index in [0.717, 1.165) is 12.2 Å². The Kier molecular flexibility index (Phi) is 5.34. The second kappa shape index (κ2) is 7.23. The summed E-state index contributed by atoms with van der Waals surface area (Å²) in [6, 6.07) is 15.6. The first kappa shape index (κ1) is 15.5. The quantitative estimate of drug-likeness (QED) is 0.864. The zero-order valence-corrected chi connectivity index (χ0v) is 12.9. The lowest BCUT2D eigenvalue weighted by Gasteiger charge is -2.23. The number of nitrogens with one attached hydrogen (secondary N) is 1. The first-order valence-corrected chi connectivity index (χ1v) is 7.33. The Labute approximate surface area is 126 Å². The highest BCUT2D eigenvalue weighted by Gasteiger charge is 2.10. The molecule has 0 spiro atoms. The van der Waals surface area contributed by atoms with Crippen molar-refractivity contribution in [2.24, 2.45) is 0 Å². The second-order valence-corrected chi connectivity index (χ2v) is 5.61. The highest BCUT2D eigenvalue weighted by molar-refractivity contribution is 5.53. The smallest absolute Gasteiger partial charge is 0.128 e. The van der Waals surface area contributed by atoms with Gasteiger partial charge in [-0.1, -0.05) is 50.2 Å². The van der Waals surface area contributed by atoms with Crippen molar-refractivity contribution in [2.75, 3.05) is 11.9 Å². The van der Waals surface area contributed by atoms with Crippen molar-refractivity contribution in [1.29, 1.82) is 0 Å². The van der Waals surface area contributed by atoms with E-state index in [-0.39, 0.29) is 5.82 Å². The number of benzene rings is 2. The highest BCUT2D eigenvalue weighted by Crippen LogP contribution is 2.21. The molecule has 0 amide bonds. The third-order valence-electron chi connectivity index (χ3n) is 3.47. The molecule has 112 valence electrons. The van der Waals surface area contributed by atoms with E-state index in [9.17, 15) is 4.39 Å². The summed E-state index contributed by atoms with van der Waals surface area (Å²) in [7, 11) is 2.00. The lowest BCUT2D eigenvalue weighted by Crippen LogP contribution is -2.24. The van der Waals surface area contributed by atoms with Crippen LogP contribution >= 0.6 is 0 Å². The van der Waals surface area contributed by atoms with Crippen LogP contribution in [-0.4, -0.2) is 13.1 Å². The molecule has 2 aromatic carbocycles. The van der Waals surface area contributed by atoms with Gasteiger partial charge in [-0.15, -0.1) is 0 Å². The minimum atomic E-state index is -0.151. The topological polar surface area (TPSA) is 15.3 Å². The maximum Gasteiger partial charge on any atom is 0.128 e. The first-order valence-electron chi connectivity index (χ1n) is 7.33. The highest BCUT2D eigenvalue weighted by atomic mass is 19.1. The van der Waals surface area contributed by atoms with Gasteiger partial charge in [0.2, 0.25) is 0 Å². The van der Waals surface area contributed by atoms with Gasteiger partial charge in [-0.25, -0.2) is 4.39 Å². The number of para-hydroxylation sites is 1. The summed E-state index contributed by atoms with van der Waals surface area (Å²) in [6.45, 7) is 5.64. The van der Waals surface area contributed by atoms with Crippen LogP contribution in [-0.2, 0) is 13.1 Å². The molecule has 0 atom stereocenters. The fourth-order valence-electron chi connectivity index (χ4n) is 2.31. The van der Waals surface area contributed by atoms with Crippen LogP contribution in [0.1, 0.15) is 25.0 Å². The van der Waals surface area contributed by atoms with Crippen LogP contribution in [0.3, 0.4) is 0 Å². The van der Waals surface area contributed by atoms with Crippen molar-refractivity contribution in [3.05, 3.63) is 65.5 Å². The standard InChI is InChI=1S/C18H23FN2/c1-14(2)20-12-15-8-5-7-11-18(15)21(3)13-16-9-4-6-10-17(16)19/h4-11,14,20H,12-13H2,1-3H3. The molecule has 0 bridgehead atoms. The van der Waals surface area contributed by atoms with Gasteiger partial charge < -0.3 is 10.2 Å². The molecular weight excluding hydrogens is 263 g/mol. The molecule has 0 aliphatic heterocycles. The minimum absolute atomic E-state index is 0.151. The van der Waals surface area contributed by atoms with Crippen molar-refractivity contribution in [2.45, 2.75) is 33.0 Å². The summed E-state index contributed by atoms with van der Waals surface area (Å²) in [6.07, 6.45) is 0. The van der Waals surface area contributed by atoms with Crippen molar-refractivity contribution in [3.63, 3.8) is 0 Å². The Morgan fingerprint density at radius 1 is 1.00 bits per heavy atom. The number of hydrogen-bond donors (Lipinski definition) is 1. The van der Waals surface area contributed by atoms with Crippen LogP contribution in [0.5, 0.6) is 0 Å². The number of hydrogen-bond acceptors (Lipinski definition) is 2. The van der Waals surface area contributed by atoms with Crippen LogP contribution in [0, 0.1) is 5.82 Å². The Bertz CT molecular complexity index is 581. The summed E-state index contributed by atoms with van der Waals surface area (Å²) in [5.74, 6) is -0.151. The van der Waals surface area contributed by atoms with Crippen LogP contribution in [0.4, 0.5) is 10.1 Å². The summed E-state index contributed by atoms with van der Waals surface area (Å²) in [5, 5.41) is 3.43. The molecule has 0 heterocycles. The largest absolute Gasteiger partial charge is 0.370 e. The fourth-order valence-corrected chi connectivity index (χ4v) is 2.31. The third kappa shape index (κ3) is 4.30. The van der Waals surface area contributed by atoms with E-state index in [1.165, 1.54) is 11.6 Å². The molecule has 0 saturated carbocycles. The zero-order chi connectivity index (χ0) is 15.2. The Hall–Kier alpha value is -1.87. The summed E-state index contributed by atoms with van der Waals surface area (Å²) >= 11 is 0. The van der Waals surface area contributed by atoms with Crippen molar-refractivity contribution in [1.82, 2.24) is 5.32 Å². The van der Waals surface area contributed by atoms with Crippen molar-refractivity contribution >= 4 is 5.69 Å². The van der Waals surface area contributed by atoms with E-state index in [1.54, 1.807) is 6.07 Å². The molecule has 2 rings (SSSR count). The third-order valence-corrected chi connectivity index (χ3v) is 3.47. The molecule has 3 heteroatoms. The number of rotatable bonds is 6. The van der Waals surface area contributed by atoms with E-state index < -0.39 is 0 Å². The lowest BCUT2D eigenvalue weighted by atomic mass is 10.1. The van der Waals surface area contributed by atoms with Crippen molar-refractivity contribution < 1.29 is 4.39 Å². The molecular formula is C18H23FN2. The van der Waals surface area contributed by atoms with Crippen LogP contribution in [0.2, 0.25) is 0 Å². The molecule has 1 N–H and O–H groups in total. The molecule has 0 aromatic heterocycles. The summed E-state index contributed by atoms with van der Waals surface area (Å²) < 4.78 is 13.8. The van der Waals surface area contributed by atoms with Crippen LogP contribution < -0.4 is 10.2 Å². The van der Waals surface area contributed by atoms with E-state index >= 15 is 0 Å². The van der Waals surface area contributed by atoms with Gasteiger partial charge in [0.1, 0.15) is 5.82 Å². The average Bonchev–Trinajstić information content (AvgIpc) is 2.47. The molecule has 2 nitrogen and oxygen atoms in total. The molecule has 0 unspecified atom stereocenters. The summed E-state index contributed by atoms with van der Waals surface area (Å²) in [4.78, 5) is 2.09. The first-order chi connectivity index (χ1) is 10.1.